The van der Waals surface area contributed by atoms with E-state index in [9.17, 15) is 13.2 Å². The third-order valence-electron chi connectivity index (χ3n) is 3.95. The molecule has 0 aliphatic heterocycles. The summed E-state index contributed by atoms with van der Waals surface area (Å²) in [6, 6.07) is 11.6. The summed E-state index contributed by atoms with van der Waals surface area (Å²) in [6.45, 7) is 3.77. The lowest BCUT2D eigenvalue weighted by atomic mass is 10.0. The van der Waals surface area contributed by atoms with Gasteiger partial charge in [-0.1, -0.05) is 26.0 Å². The molecule has 2 rings (SSSR count). The minimum absolute atomic E-state index is 0.0192. The van der Waals surface area contributed by atoms with Crippen LogP contribution in [-0.2, 0) is 14.8 Å². The molecule has 0 aliphatic carbocycles. The topological polar surface area (TPSA) is 93.7 Å². The Hall–Kier alpha value is -2.58. The number of sulfonamides is 1. The molecule has 0 unspecified atom stereocenters. The fourth-order valence-corrected chi connectivity index (χ4v) is 3.38. The van der Waals surface area contributed by atoms with E-state index >= 15 is 0 Å². The Balaban J connectivity index is 2.01. The first-order valence-electron chi connectivity index (χ1n) is 8.38. The van der Waals surface area contributed by atoms with Crippen molar-refractivity contribution < 1.29 is 22.7 Å². The number of methoxy groups -OCH3 is 2. The highest BCUT2D eigenvalue weighted by Crippen LogP contribution is 2.29. The van der Waals surface area contributed by atoms with Crippen LogP contribution in [0.1, 0.15) is 25.3 Å². The third kappa shape index (κ3) is 5.45. The third-order valence-corrected chi connectivity index (χ3v) is 5.35. The molecule has 0 bridgehead atoms. The Morgan fingerprint density at radius 3 is 2.19 bits per heavy atom. The second-order valence-corrected chi connectivity index (χ2v) is 7.93. The van der Waals surface area contributed by atoms with E-state index in [0.29, 0.717) is 17.4 Å². The van der Waals surface area contributed by atoms with Crippen molar-refractivity contribution in [3.8, 4) is 11.5 Å². The Morgan fingerprint density at radius 1 is 1.00 bits per heavy atom. The maximum atomic E-state index is 12.4. The van der Waals surface area contributed by atoms with Gasteiger partial charge in [0.05, 0.1) is 25.7 Å². The van der Waals surface area contributed by atoms with Gasteiger partial charge in [-0.2, -0.15) is 0 Å². The summed E-state index contributed by atoms with van der Waals surface area (Å²) >= 11 is 0. The summed E-state index contributed by atoms with van der Waals surface area (Å²) in [7, 11) is -0.993. The van der Waals surface area contributed by atoms with Crippen molar-refractivity contribution in [1.82, 2.24) is 4.72 Å². The van der Waals surface area contributed by atoms with Gasteiger partial charge in [0.2, 0.25) is 15.9 Å². The normalized spacial score (nSPS) is 11.3. The average molecular weight is 392 g/mol. The zero-order valence-electron chi connectivity index (χ0n) is 15.8. The molecular weight excluding hydrogens is 368 g/mol. The number of carbonyl (C=O) groups excluding carboxylic acids is 1. The van der Waals surface area contributed by atoms with E-state index in [1.54, 1.807) is 12.1 Å². The highest BCUT2D eigenvalue weighted by molar-refractivity contribution is 7.89. The zero-order valence-corrected chi connectivity index (χ0v) is 16.6. The van der Waals surface area contributed by atoms with E-state index in [1.807, 2.05) is 12.1 Å². The van der Waals surface area contributed by atoms with Crippen LogP contribution in [0.3, 0.4) is 0 Å². The van der Waals surface area contributed by atoms with Gasteiger partial charge in [-0.25, -0.2) is 13.1 Å². The molecule has 0 saturated heterocycles. The van der Waals surface area contributed by atoms with Crippen molar-refractivity contribution in [2.45, 2.75) is 24.7 Å². The molecule has 0 fully saturated rings. The van der Waals surface area contributed by atoms with Crippen LogP contribution in [0.25, 0.3) is 0 Å². The predicted octanol–water partition coefficient (Wildman–Crippen LogP) is 2.74. The van der Waals surface area contributed by atoms with Gasteiger partial charge in [-0.05, 0) is 35.7 Å². The molecule has 0 aliphatic rings. The molecule has 8 heteroatoms. The van der Waals surface area contributed by atoms with Crippen LogP contribution in [0.2, 0.25) is 0 Å². The predicted molar refractivity (Wildman–Crippen MR) is 104 cm³/mol. The van der Waals surface area contributed by atoms with Gasteiger partial charge >= 0.3 is 0 Å². The van der Waals surface area contributed by atoms with Crippen LogP contribution in [0.5, 0.6) is 11.5 Å². The van der Waals surface area contributed by atoms with Crippen molar-refractivity contribution in [2.75, 3.05) is 26.1 Å². The van der Waals surface area contributed by atoms with Crippen molar-refractivity contribution in [3.05, 3.63) is 48.0 Å². The number of rotatable bonds is 8. The Bertz CT molecular complexity index is 893. The quantitative estimate of drug-likeness (QED) is 0.720. The van der Waals surface area contributed by atoms with Crippen molar-refractivity contribution in [3.63, 3.8) is 0 Å². The summed E-state index contributed by atoms with van der Waals surface area (Å²) in [6.07, 6.45) is 0. The Morgan fingerprint density at radius 2 is 1.63 bits per heavy atom. The first kappa shape index (κ1) is 20.7. The molecule has 0 saturated carbocycles. The van der Waals surface area contributed by atoms with Crippen molar-refractivity contribution in [2.24, 2.45) is 0 Å². The van der Waals surface area contributed by atoms with Crippen molar-refractivity contribution in [1.29, 1.82) is 0 Å². The number of amides is 1. The van der Waals surface area contributed by atoms with Crippen LogP contribution in [0.15, 0.2) is 47.4 Å². The van der Waals surface area contributed by atoms with Crippen LogP contribution >= 0.6 is 0 Å². The second-order valence-electron chi connectivity index (χ2n) is 6.17. The van der Waals surface area contributed by atoms with Crippen LogP contribution in [0, 0.1) is 0 Å². The average Bonchev–Trinajstić information content (AvgIpc) is 2.66. The van der Waals surface area contributed by atoms with Gasteiger partial charge in [-0.15, -0.1) is 0 Å². The molecule has 0 atom stereocenters. The number of ether oxygens (including phenoxy) is 2. The molecule has 0 aromatic heterocycles. The lowest BCUT2D eigenvalue weighted by molar-refractivity contribution is -0.115. The molecule has 2 N–H and O–H groups in total. The van der Waals surface area contributed by atoms with E-state index in [2.05, 4.69) is 23.9 Å². The summed E-state index contributed by atoms with van der Waals surface area (Å²) in [4.78, 5) is 12.0. The van der Waals surface area contributed by atoms with Gasteiger partial charge in [0, 0.05) is 11.8 Å². The fraction of sp³-hybridized carbons (Fsp3) is 0.316. The van der Waals surface area contributed by atoms with Gasteiger partial charge in [0.25, 0.3) is 0 Å². The van der Waals surface area contributed by atoms with Gasteiger partial charge in [-0.3, -0.25) is 4.79 Å². The number of hydrogen-bond acceptors (Lipinski definition) is 5. The molecular formula is C19H24N2O5S. The van der Waals surface area contributed by atoms with E-state index in [0.717, 1.165) is 5.56 Å². The molecule has 1 amide bonds. The molecule has 0 radical (unpaired) electrons. The number of anilines is 1. The maximum absolute atomic E-state index is 12.4. The molecule has 27 heavy (non-hydrogen) atoms. The molecule has 2 aromatic rings. The second kappa shape index (κ2) is 8.88. The van der Waals surface area contributed by atoms with Crippen LogP contribution in [-0.4, -0.2) is 35.1 Å². The number of nitrogens with one attached hydrogen (secondary N) is 2. The lowest BCUT2D eigenvalue weighted by Gasteiger charge is -2.11. The first-order valence-corrected chi connectivity index (χ1v) is 9.86. The number of carbonyl (C=O) groups is 1. The molecule has 2 aromatic carbocycles. The smallest absolute Gasteiger partial charge is 0.241 e. The standard InChI is InChI=1S/C19H24N2O5S/c1-13(2)14-5-7-15(8-6-14)21-19(22)12-20-27(23,24)16-9-10-17(25-3)18(11-16)26-4/h5-11,13,20H,12H2,1-4H3,(H,21,22). The monoisotopic (exact) mass is 392 g/mol. The summed E-state index contributed by atoms with van der Waals surface area (Å²) in [5, 5.41) is 2.66. The van der Waals surface area contributed by atoms with E-state index in [1.165, 1.54) is 32.4 Å². The maximum Gasteiger partial charge on any atom is 0.241 e. The van der Waals surface area contributed by atoms with Crippen LogP contribution in [0.4, 0.5) is 5.69 Å². The Kier molecular flexibility index (Phi) is 6.81. The summed E-state index contributed by atoms with van der Waals surface area (Å²) in [5.74, 6) is 0.633. The minimum Gasteiger partial charge on any atom is -0.493 e. The summed E-state index contributed by atoms with van der Waals surface area (Å²) < 4.78 is 37.2. The largest absolute Gasteiger partial charge is 0.493 e. The van der Waals surface area contributed by atoms with Gasteiger partial charge in [0.1, 0.15) is 0 Å². The van der Waals surface area contributed by atoms with E-state index in [4.69, 9.17) is 9.47 Å². The molecule has 0 heterocycles. The first-order chi connectivity index (χ1) is 12.8. The molecule has 146 valence electrons. The minimum atomic E-state index is -3.87. The fourth-order valence-electron chi connectivity index (χ4n) is 2.38. The molecule has 0 spiro atoms. The Labute approximate surface area is 159 Å². The SMILES string of the molecule is COc1ccc(S(=O)(=O)NCC(=O)Nc2ccc(C(C)C)cc2)cc1OC. The lowest BCUT2D eigenvalue weighted by Crippen LogP contribution is -2.32. The number of benzene rings is 2. The van der Waals surface area contributed by atoms with E-state index in [-0.39, 0.29) is 17.2 Å². The summed E-state index contributed by atoms with van der Waals surface area (Å²) in [5.41, 5.74) is 1.76. The number of hydrogen-bond donors (Lipinski definition) is 2. The van der Waals surface area contributed by atoms with Crippen molar-refractivity contribution >= 4 is 21.6 Å². The molecule has 7 nitrogen and oxygen atoms in total. The zero-order chi connectivity index (χ0) is 20.0. The highest BCUT2D eigenvalue weighted by Gasteiger charge is 2.18. The van der Waals surface area contributed by atoms with E-state index < -0.39 is 15.9 Å². The highest BCUT2D eigenvalue weighted by atomic mass is 32.2. The van der Waals surface area contributed by atoms with Crippen LogP contribution < -0.4 is 19.5 Å². The van der Waals surface area contributed by atoms with Gasteiger partial charge in [0.15, 0.2) is 11.5 Å². The van der Waals surface area contributed by atoms with Gasteiger partial charge < -0.3 is 14.8 Å².